The van der Waals surface area contributed by atoms with Crippen LogP contribution in [0.5, 0.6) is 0 Å². The van der Waals surface area contributed by atoms with E-state index in [-0.39, 0.29) is 34.2 Å². The van der Waals surface area contributed by atoms with Gasteiger partial charge in [-0.25, -0.2) is 17.5 Å². The minimum absolute atomic E-state index is 0. The second kappa shape index (κ2) is 7.57. The summed E-state index contributed by atoms with van der Waals surface area (Å²) in [5.74, 6) is -0.314. The molecular formula is C14H21BrClFN2O2S. The zero-order chi connectivity index (χ0) is 15.7. The second-order valence-corrected chi connectivity index (χ2v) is 8.19. The van der Waals surface area contributed by atoms with Crippen LogP contribution < -0.4 is 10.5 Å². The van der Waals surface area contributed by atoms with Crippen molar-refractivity contribution in [2.75, 3.05) is 6.54 Å². The molecule has 1 aliphatic carbocycles. The van der Waals surface area contributed by atoms with Gasteiger partial charge in [0.1, 0.15) is 5.82 Å². The molecule has 126 valence electrons. The van der Waals surface area contributed by atoms with Crippen LogP contribution in [0.25, 0.3) is 0 Å². The van der Waals surface area contributed by atoms with Gasteiger partial charge in [-0.05, 0) is 52.9 Å². The number of benzene rings is 1. The van der Waals surface area contributed by atoms with E-state index >= 15 is 0 Å². The average Bonchev–Trinajstić information content (AvgIpc) is 2.40. The highest BCUT2D eigenvalue weighted by Crippen LogP contribution is 2.35. The Bertz CT molecular complexity index is 629. The quantitative estimate of drug-likeness (QED) is 0.793. The molecule has 0 aliphatic heterocycles. The topological polar surface area (TPSA) is 72.2 Å². The van der Waals surface area contributed by atoms with Crippen molar-refractivity contribution in [3.8, 4) is 0 Å². The third-order valence-corrected chi connectivity index (χ3v) is 6.87. The first-order valence-electron chi connectivity index (χ1n) is 7.00. The van der Waals surface area contributed by atoms with Crippen LogP contribution in [-0.2, 0) is 10.0 Å². The van der Waals surface area contributed by atoms with E-state index in [0.29, 0.717) is 0 Å². The fourth-order valence-electron chi connectivity index (χ4n) is 2.93. The highest BCUT2D eigenvalue weighted by molar-refractivity contribution is 9.10. The Hall–Kier alpha value is -0.210. The largest absolute Gasteiger partial charge is 0.329 e. The molecule has 1 aromatic rings. The van der Waals surface area contributed by atoms with E-state index in [1.165, 1.54) is 6.07 Å². The molecule has 1 aliphatic rings. The Labute approximate surface area is 145 Å². The fourth-order valence-corrected chi connectivity index (χ4v) is 5.51. The normalized spacial score (nSPS) is 25.5. The molecule has 0 spiro atoms. The molecule has 0 saturated heterocycles. The first-order chi connectivity index (χ1) is 9.81. The number of halogens is 3. The summed E-state index contributed by atoms with van der Waals surface area (Å²) >= 11 is 3.11. The van der Waals surface area contributed by atoms with Crippen molar-refractivity contribution in [3.05, 3.63) is 28.5 Å². The Balaban J connectivity index is 0.00000242. The van der Waals surface area contributed by atoms with Crippen molar-refractivity contribution in [3.63, 3.8) is 0 Å². The van der Waals surface area contributed by atoms with E-state index < -0.39 is 21.4 Å². The lowest BCUT2D eigenvalue weighted by Crippen LogP contribution is -2.58. The fraction of sp³-hybridized carbons (Fsp3) is 0.571. The molecule has 0 heterocycles. The first-order valence-corrected chi connectivity index (χ1v) is 9.27. The number of hydrogen-bond acceptors (Lipinski definition) is 3. The van der Waals surface area contributed by atoms with Crippen LogP contribution in [0.3, 0.4) is 0 Å². The molecule has 22 heavy (non-hydrogen) atoms. The van der Waals surface area contributed by atoms with Crippen molar-refractivity contribution in [2.24, 2.45) is 11.7 Å². The van der Waals surface area contributed by atoms with Gasteiger partial charge in [0.25, 0.3) is 0 Å². The van der Waals surface area contributed by atoms with Crippen LogP contribution in [0, 0.1) is 11.7 Å². The van der Waals surface area contributed by atoms with Gasteiger partial charge in [-0.1, -0.05) is 19.8 Å². The maximum atomic E-state index is 13.1. The van der Waals surface area contributed by atoms with Gasteiger partial charge < -0.3 is 5.73 Å². The van der Waals surface area contributed by atoms with Gasteiger partial charge in [-0.2, -0.15) is 0 Å². The van der Waals surface area contributed by atoms with Gasteiger partial charge in [0.2, 0.25) is 10.0 Å². The van der Waals surface area contributed by atoms with Crippen molar-refractivity contribution in [2.45, 2.75) is 43.0 Å². The maximum Gasteiger partial charge on any atom is 0.242 e. The maximum absolute atomic E-state index is 13.1. The molecule has 1 aromatic carbocycles. The average molecular weight is 416 g/mol. The number of nitrogens with one attached hydrogen (secondary N) is 1. The Kier molecular flexibility index (Phi) is 6.83. The number of nitrogens with two attached hydrogens (primary N) is 1. The van der Waals surface area contributed by atoms with Crippen LogP contribution in [0.1, 0.15) is 32.6 Å². The monoisotopic (exact) mass is 414 g/mol. The third-order valence-electron chi connectivity index (χ3n) is 4.34. The molecule has 0 aromatic heterocycles. The van der Waals surface area contributed by atoms with Gasteiger partial charge in [0, 0.05) is 16.6 Å². The Morgan fingerprint density at radius 3 is 2.68 bits per heavy atom. The van der Waals surface area contributed by atoms with E-state index in [0.717, 1.165) is 37.8 Å². The minimum atomic E-state index is -3.75. The SMILES string of the molecule is CC1CCCCC1(CN)NS(=O)(=O)c1ccc(F)cc1Br.Cl. The lowest BCUT2D eigenvalue weighted by molar-refractivity contribution is 0.191. The number of rotatable bonds is 4. The van der Waals surface area contributed by atoms with Crippen LogP contribution in [0.2, 0.25) is 0 Å². The van der Waals surface area contributed by atoms with Crippen LogP contribution in [0.15, 0.2) is 27.6 Å². The van der Waals surface area contributed by atoms with E-state index in [4.69, 9.17) is 5.73 Å². The van der Waals surface area contributed by atoms with Crippen LogP contribution in [-0.4, -0.2) is 20.5 Å². The molecule has 2 rings (SSSR count). The molecule has 0 amide bonds. The molecule has 3 N–H and O–H groups in total. The summed E-state index contributed by atoms with van der Waals surface area (Å²) in [5.41, 5.74) is 5.26. The lowest BCUT2D eigenvalue weighted by atomic mass is 9.74. The van der Waals surface area contributed by atoms with Gasteiger partial charge in [-0.15, -0.1) is 12.4 Å². The van der Waals surface area contributed by atoms with Gasteiger partial charge in [0.15, 0.2) is 0 Å². The molecule has 1 fully saturated rings. The van der Waals surface area contributed by atoms with Crippen molar-refractivity contribution >= 4 is 38.4 Å². The predicted octanol–water partition coefficient (Wildman–Crippen LogP) is 3.20. The molecular weight excluding hydrogens is 395 g/mol. The molecule has 0 radical (unpaired) electrons. The van der Waals surface area contributed by atoms with Crippen LogP contribution >= 0.6 is 28.3 Å². The highest BCUT2D eigenvalue weighted by atomic mass is 79.9. The van der Waals surface area contributed by atoms with Gasteiger partial charge in [0.05, 0.1) is 4.90 Å². The van der Waals surface area contributed by atoms with Crippen LogP contribution in [0.4, 0.5) is 4.39 Å². The second-order valence-electron chi connectivity index (χ2n) is 5.69. The zero-order valence-electron chi connectivity index (χ0n) is 12.3. The highest BCUT2D eigenvalue weighted by Gasteiger charge is 2.40. The van der Waals surface area contributed by atoms with Crippen molar-refractivity contribution < 1.29 is 12.8 Å². The van der Waals surface area contributed by atoms with E-state index in [9.17, 15) is 12.8 Å². The Morgan fingerprint density at radius 1 is 1.45 bits per heavy atom. The summed E-state index contributed by atoms with van der Waals surface area (Å²) in [6, 6.07) is 3.55. The molecule has 4 nitrogen and oxygen atoms in total. The minimum Gasteiger partial charge on any atom is -0.329 e. The summed E-state index contributed by atoms with van der Waals surface area (Å²) in [5, 5.41) is 0. The first kappa shape index (κ1) is 19.8. The molecule has 0 bridgehead atoms. The predicted molar refractivity (Wildman–Crippen MR) is 91.1 cm³/mol. The summed E-state index contributed by atoms with van der Waals surface area (Å²) < 4.78 is 41.4. The van der Waals surface area contributed by atoms with Gasteiger partial charge in [-0.3, -0.25) is 0 Å². The summed E-state index contributed by atoms with van der Waals surface area (Å²) in [4.78, 5) is 0.0366. The number of sulfonamides is 1. The van der Waals surface area contributed by atoms with E-state index in [2.05, 4.69) is 20.7 Å². The standard InChI is InChI=1S/C14H20BrFN2O2S.ClH/c1-10-4-2-3-7-14(10,9-17)18-21(19,20)13-6-5-11(16)8-12(13)15;/h5-6,8,10,18H,2-4,7,9,17H2,1H3;1H. The molecule has 2 unspecified atom stereocenters. The molecule has 8 heteroatoms. The lowest BCUT2D eigenvalue weighted by Gasteiger charge is -2.42. The smallest absolute Gasteiger partial charge is 0.242 e. The third kappa shape index (κ3) is 4.00. The number of hydrogen-bond donors (Lipinski definition) is 2. The summed E-state index contributed by atoms with van der Waals surface area (Å²) in [7, 11) is -3.75. The molecule has 2 atom stereocenters. The summed E-state index contributed by atoms with van der Waals surface area (Å²) in [6.45, 7) is 2.28. The van der Waals surface area contributed by atoms with E-state index in [1.54, 1.807) is 0 Å². The van der Waals surface area contributed by atoms with Crippen molar-refractivity contribution in [1.29, 1.82) is 0 Å². The zero-order valence-corrected chi connectivity index (χ0v) is 15.5. The molecule has 1 saturated carbocycles. The van der Waals surface area contributed by atoms with Crippen molar-refractivity contribution in [1.82, 2.24) is 4.72 Å². The van der Waals surface area contributed by atoms with Gasteiger partial charge >= 0.3 is 0 Å². The summed E-state index contributed by atoms with van der Waals surface area (Å²) in [6.07, 6.45) is 3.71. The Morgan fingerprint density at radius 2 is 2.14 bits per heavy atom. The van der Waals surface area contributed by atoms with E-state index in [1.807, 2.05) is 6.92 Å².